The fourth-order valence-electron chi connectivity index (χ4n) is 1.79. The molecule has 0 spiro atoms. The van der Waals surface area contributed by atoms with E-state index in [4.69, 9.17) is 13.5 Å². The van der Waals surface area contributed by atoms with Gasteiger partial charge in [-0.15, -0.1) is 0 Å². The molecule has 1 aromatic rings. The Morgan fingerprint density at radius 3 is 2.33 bits per heavy atom. The van der Waals surface area contributed by atoms with E-state index in [2.05, 4.69) is 15.9 Å². The van der Waals surface area contributed by atoms with Crippen molar-refractivity contribution in [2.24, 2.45) is 5.92 Å². The van der Waals surface area contributed by atoms with Gasteiger partial charge < -0.3 is 13.5 Å². The minimum absolute atomic E-state index is 0.0683. The highest BCUT2D eigenvalue weighted by molar-refractivity contribution is 9.10. The van der Waals surface area contributed by atoms with Crippen molar-refractivity contribution in [2.75, 3.05) is 13.2 Å². The predicted octanol–water partition coefficient (Wildman–Crippen LogP) is 4.16. The summed E-state index contributed by atoms with van der Waals surface area (Å²) in [6, 6.07) is 2.99. The van der Waals surface area contributed by atoms with Gasteiger partial charge in [-0.05, 0) is 38.3 Å². The molecule has 0 N–H and O–H groups in total. The normalized spacial score (nSPS) is 13.6. The fourth-order valence-corrected chi connectivity index (χ4v) is 4.24. The Morgan fingerprint density at radius 2 is 1.86 bits per heavy atom. The number of Topliss-reactive ketones (excluding diaryl/α,β-unsaturated/α-hetero) is 1. The van der Waals surface area contributed by atoms with Crippen LogP contribution in [0.1, 0.15) is 44.7 Å². The second kappa shape index (κ2) is 8.28. The van der Waals surface area contributed by atoms with Crippen LogP contribution in [0.3, 0.4) is 0 Å². The molecule has 0 radical (unpaired) electrons. The highest BCUT2D eigenvalue weighted by Gasteiger charge is 2.32. The fraction of sp³-hybridized carbons (Fsp3) is 0.643. The lowest BCUT2D eigenvalue weighted by Crippen LogP contribution is -2.16. The van der Waals surface area contributed by atoms with E-state index in [1.807, 2.05) is 13.8 Å². The van der Waals surface area contributed by atoms with Crippen LogP contribution in [0, 0.1) is 5.92 Å². The lowest BCUT2D eigenvalue weighted by atomic mass is 10.0. The number of carbonyl (C=O) groups is 1. The highest BCUT2D eigenvalue weighted by atomic mass is 79.9. The number of carbonyl (C=O) groups excluding carboxylic acids is 1. The zero-order valence-electron chi connectivity index (χ0n) is 12.8. The summed E-state index contributed by atoms with van der Waals surface area (Å²) in [5.74, 6) is 0.368. The lowest BCUT2D eigenvalue weighted by Gasteiger charge is -2.14. The molecule has 0 aliphatic heterocycles. The van der Waals surface area contributed by atoms with E-state index in [9.17, 15) is 9.36 Å². The van der Waals surface area contributed by atoms with Crippen molar-refractivity contribution in [2.45, 2.75) is 38.9 Å². The lowest BCUT2D eigenvalue weighted by molar-refractivity contribution is 0.0959. The summed E-state index contributed by atoms with van der Waals surface area (Å²) in [6.45, 7) is 7.97. The molecular formula is C14H22BrO5P. The highest BCUT2D eigenvalue weighted by Crippen LogP contribution is 2.47. The third-order valence-electron chi connectivity index (χ3n) is 2.67. The molecule has 120 valence electrons. The molecule has 1 aromatic heterocycles. The predicted molar refractivity (Wildman–Crippen MR) is 85.7 cm³/mol. The average Bonchev–Trinajstić information content (AvgIpc) is 2.87. The summed E-state index contributed by atoms with van der Waals surface area (Å²) >= 11 is 3.36. The summed E-state index contributed by atoms with van der Waals surface area (Å²) < 4.78 is 28.3. The number of alkyl halides is 1. The number of hydrogen-bond donors (Lipinski definition) is 0. The molecule has 0 saturated heterocycles. The van der Waals surface area contributed by atoms with Gasteiger partial charge in [-0.2, -0.15) is 0 Å². The molecule has 5 nitrogen and oxygen atoms in total. The second-order valence-corrected chi connectivity index (χ2v) is 7.99. The molecule has 0 aliphatic rings. The van der Waals surface area contributed by atoms with Gasteiger partial charge in [0.2, 0.25) is 11.3 Å². The summed E-state index contributed by atoms with van der Waals surface area (Å²) in [7, 11) is -3.48. The second-order valence-electron chi connectivity index (χ2n) is 4.93. The van der Waals surface area contributed by atoms with Crippen molar-refractivity contribution in [3.8, 4) is 0 Å². The van der Waals surface area contributed by atoms with E-state index in [-0.39, 0.29) is 35.1 Å². The van der Waals surface area contributed by atoms with E-state index in [1.165, 1.54) is 12.1 Å². The smallest absolute Gasteiger partial charge is 0.396 e. The molecule has 0 saturated carbocycles. The van der Waals surface area contributed by atoms with Gasteiger partial charge in [-0.1, -0.05) is 29.8 Å². The SMILES string of the molecule is CCOP(=O)(OCC)c1ccc(C(=O)C(Br)CC(C)C)o1. The first-order valence-corrected chi connectivity index (χ1v) is 9.47. The molecule has 1 rings (SSSR count). The van der Waals surface area contributed by atoms with E-state index >= 15 is 0 Å². The third kappa shape index (κ3) is 5.06. The quantitative estimate of drug-likeness (QED) is 0.365. The molecule has 21 heavy (non-hydrogen) atoms. The molecule has 0 amide bonds. The molecule has 1 unspecified atom stereocenters. The Labute approximate surface area is 134 Å². The monoisotopic (exact) mass is 380 g/mol. The maximum Gasteiger partial charge on any atom is 0.396 e. The van der Waals surface area contributed by atoms with Crippen LogP contribution >= 0.6 is 23.5 Å². The molecule has 0 aliphatic carbocycles. The van der Waals surface area contributed by atoms with Crippen LogP contribution in [0.25, 0.3) is 0 Å². The van der Waals surface area contributed by atoms with Gasteiger partial charge in [-0.25, -0.2) is 0 Å². The van der Waals surface area contributed by atoms with Crippen LogP contribution in [-0.4, -0.2) is 23.8 Å². The topological polar surface area (TPSA) is 65.7 Å². The maximum absolute atomic E-state index is 12.5. The largest absolute Gasteiger partial charge is 0.445 e. The summed E-state index contributed by atoms with van der Waals surface area (Å²) in [6.07, 6.45) is 0.698. The first-order valence-electron chi connectivity index (χ1n) is 7.01. The third-order valence-corrected chi connectivity index (χ3v) is 5.43. The number of ketones is 1. The summed E-state index contributed by atoms with van der Waals surface area (Å²) in [5, 5.41) is 0. The summed E-state index contributed by atoms with van der Waals surface area (Å²) in [4.78, 5) is 11.9. The average molecular weight is 381 g/mol. The van der Waals surface area contributed by atoms with Crippen molar-refractivity contribution < 1.29 is 22.8 Å². The molecule has 0 fully saturated rings. The molecule has 0 bridgehead atoms. The molecule has 1 atom stereocenters. The zero-order chi connectivity index (χ0) is 16.0. The van der Waals surface area contributed by atoms with Crippen LogP contribution in [0.4, 0.5) is 0 Å². The minimum Gasteiger partial charge on any atom is -0.445 e. The Bertz CT molecular complexity index is 501. The number of hydrogen-bond acceptors (Lipinski definition) is 5. The Balaban J connectivity index is 2.93. The first-order chi connectivity index (χ1) is 9.84. The maximum atomic E-state index is 12.5. The molecule has 1 heterocycles. The van der Waals surface area contributed by atoms with Gasteiger partial charge in [0, 0.05) is 0 Å². The van der Waals surface area contributed by atoms with E-state index in [0.717, 1.165) is 0 Å². The van der Waals surface area contributed by atoms with Gasteiger partial charge in [-0.3, -0.25) is 9.36 Å². The van der Waals surface area contributed by atoms with Crippen molar-refractivity contribution in [3.63, 3.8) is 0 Å². The van der Waals surface area contributed by atoms with Crippen LogP contribution in [0.15, 0.2) is 16.5 Å². The Hall–Kier alpha value is -0.420. The molecule has 7 heteroatoms. The van der Waals surface area contributed by atoms with Gasteiger partial charge in [0.15, 0.2) is 5.76 Å². The Morgan fingerprint density at radius 1 is 1.29 bits per heavy atom. The van der Waals surface area contributed by atoms with Gasteiger partial charge >= 0.3 is 7.60 Å². The number of furan rings is 1. The van der Waals surface area contributed by atoms with Crippen LogP contribution in [0.2, 0.25) is 0 Å². The van der Waals surface area contributed by atoms with Crippen molar-refractivity contribution in [3.05, 3.63) is 17.9 Å². The van der Waals surface area contributed by atoms with Crippen LogP contribution in [-0.2, 0) is 13.6 Å². The molecule has 0 aromatic carbocycles. The Kier molecular flexibility index (Phi) is 7.34. The van der Waals surface area contributed by atoms with Crippen molar-refractivity contribution in [1.82, 2.24) is 0 Å². The van der Waals surface area contributed by atoms with Gasteiger partial charge in [0.25, 0.3) is 0 Å². The minimum atomic E-state index is -3.48. The first kappa shape index (κ1) is 18.6. The standard InChI is InChI=1S/C14H22BrO5P/c1-5-18-21(17,19-6-2)13-8-7-12(20-13)14(16)11(15)9-10(3)4/h7-8,10-11H,5-6,9H2,1-4H3. The van der Waals surface area contributed by atoms with Crippen LogP contribution in [0.5, 0.6) is 0 Å². The van der Waals surface area contributed by atoms with Gasteiger partial charge in [0.1, 0.15) is 0 Å². The van der Waals surface area contributed by atoms with Crippen LogP contribution < -0.4 is 5.50 Å². The number of halogens is 1. The van der Waals surface area contributed by atoms with E-state index in [0.29, 0.717) is 12.3 Å². The van der Waals surface area contributed by atoms with Gasteiger partial charge in [0.05, 0.1) is 18.0 Å². The molecular weight excluding hydrogens is 359 g/mol. The van der Waals surface area contributed by atoms with E-state index in [1.54, 1.807) is 13.8 Å². The number of rotatable bonds is 9. The van der Waals surface area contributed by atoms with E-state index < -0.39 is 7.60 Å². The van der Waals surface area contributed by atoms with Crippen molar-refractivity contribution >= 4 is 34.8 Å². The zero-order valence-corrected chi connectivity index (χ0v) is 15.3. The summed E-state index contributed by atoms with van der Waals surface area (Å²) in [5.41, 5.74) is 0.0683. The van der Waals surface area contributed by atoms with Crippen molar-refractivity contribution in [1.29, 1.82) is 0 Å².